The molecule has 4 atom stereocenters. The van der Waals surface area contributed by atoms with Gasteiger partial charge in [0.25, 0.3) is 5.56 Å². The van der Waals surface area contributed by atoms with Gasteiger partial charge in [-0.05, 0) is 72.8 Å². The summed E-state index contributed by atoms with van der Waals surface area (Å²) in [5.41, 5.74) is -3.76. The van der Waals surface area contributed by atoms with E-state index in [-0.39, 0.29) is 16.7 Å². The summed E-state index contributed by atoms with van der Waals surface area (Å²) in [6, 6.07) is 18.6. The molecule has 0 unspecified atom stereocenters. The number of hydrogen-bond acceptors (Lipinski definition) is 11. The second-order valence-electron chi connectivity index (χ2n) is 10.2. The molecule has 246 valence electrons. The summed E-state index contributed by atoms with van der Waals surface area (Å²) in [6.07, 6.45) is 2.33. The number of aromatic amines is 1. The number of esters is 3. The zero-order valence-electron chi connectivity index (χ0n) is 25.4. The number of nitrogens with zero attached hydrogens (tertiary/aromatic N) is 1. The van der Waals surface area contributed by atoms with Crippen molar-refractivity contribution in [1.29, 1.82) is 0 Å². The largest absolute Gasteiger partial charge is 0.497 e. The number of halogens is 1. The van der Waals surface area contributed by atoms with E-state index in [4.69, 9.17) is 46.4 Å². The first kappa shape index (κ1) is 33.5. The number of hydrogen-bond donors (Lipinski definition) is 1. The first-order valence-corrected chi connectivity index (χ1v) is 14.6. The van der Waals surface area contributed by atoms with Crippen LogP contribution in [0.1, 0.15) is 37.3 Å². The summed E-state index contributed by atoms with van der Waals surface area (Å²) < 4.78 is 34.7. The maximum atomic E-state index is 13.6. The van der Waals surface area contributed by atoms with Gasteiger partial charge in [0.05, 0.1) is 30.9 Å². The average molecular weight is 675 g/mol. The molecule has 5 rings (SSSR count). The molecule has 1 N–H and O–H groups in total. The molecule has 48 heavy (non-hydrogen) atoms. The third kappa shape index (κ3) is 6.95. The van der Waals surface area contributed by atoms with Crippen molar-refractivity contribution < 1.29 is 42.8 Å². The quantitative estimate of drug-likeness (QED) is 0.149. The molecular weight excluding hydrogens is 648 g/mol. The molecule has 0 amide bonds. The number of H-pyrrole nitrogens is 1. The molecule has 2 heterocycles. The number of rotatable bonds is 10. The van der Waals surface area contributed by atoms with Gasteiger partial charge < -0.3 is 28.4 Å². The molecule has 0 aliphatic carbocycles. The molecule has 4 aromatic rings. The van der Waals surface area contributed by atoms with Crippen molar-refractivity contribution in [2.45, 2.75) is 24.0 Å². The summed E-state index contributed by atoms with van der Waals surface area (Å²) >= 11 is 5.94. The van der Waals surface area contributed by atoms with E-state index in [1.54, 1.807) is 0 Å². The molecule has 0 radical (unpaired) electrons. The lowest BCUT2D eigenvalue weighted by molar-refractivity contribution is -0.0784. The van der Waals surface area contributed by atoms with Crippen molar-refractivity contribution in [3.05, 3.63) is 128 Å². The second-order valence-corrected chi connectivity index (χ2v) is 10.7. The third-order valence-corrected chi connectivity index (χ3v) is 7.66. The molecule has 1 saturated heterocycles. The van der Waals surface area contributed by atoms with Gasteiger partial charge in [0.2, 0.25) is 11.7 Å². The number of carbonyl (C=O) groups excluding carboxylic acids is 3. The summed E-state index contributed by atoms with van der Waals surface area (Å²) in [5, 5.41) is 0.387. The fourth-order valence-corrected chi connectivity index (χ4v) is 5.01. The Bertz CT molecular complexity index is 1960. The van der Waals surface area contributed by atoms with Gasteiger partial charge in [-0.15, -0.1) is 6.42 Å². The number of carbonyl (C=O) groups is 3. The van der Waals surface area contributed by atoms with Crippen LogP contribution in [-0.2, 0) is 18.9 Å². The van der Waals surface area contributed by atoms with Crippen LogP contribution in [0.4, 0.5) is 0 Å². The molecule has 13 nitrogen and oxygen atoms in total. The minimum atomic E-state index is -2.31. The predicted octanol–water partition coefficient (Wildman–Crippen LogP) is 3.42. The Labute approximate surface area is 277 Å². The first-order valence-electron chi connectivity index (χ1n) is 14.2. The van der Waals surface area contributed by atoms with Crippen LogP contribution < -0.4 is 20.7 Å². The molecule has 1 aliphatic rings. The fourth-order valence-electron chi connectivity index (χ4n) is 4.88. The Morgan fingerprint density at radius 3 is 1.94 bits per heavy atom. The summed E-state index contributed by atoms with van der Waals surface area (Å²) in [7, 11) is 2.90. The average Bonchev–Trinajstić information content (AvgIpc) is 3.39. The van der Waals surface area contributed by atoms with Crippen LogP contribution in [-0.4, -0.2) is 66.1 Å². The topological polar surface area (TPSA) is 161 Å². The Kier molecular flexibility index (Phi) is 9.98. The van der Waals surface area contributed by atoms with Gasteiger partial charge in [-0.25, -0.2) is 19.2 Å². The van der Waals surface area contributed by atoms with E-state index in [2.05, 4.69) is 10.9 Å². The van der Waals surface area contributed by atoms with Crippen molar-refractivity contribution in [3.63, 3.8) is 0 Å². The maximum absolute atomic E-state index is 13.6. The van der Waals surface area contributed by atoms with Gasteiger partial charge in [-0.3, -0.25) is 14.3 Å². The van der Waals surface area contributed by atoms with Crippen LogP contribution in [0.3, 0.4) is 0 Å². The highest BCUT2D eigenvalue weighted by Gasteiger charge is 2.63. The van der Waals surface area contributed by atoms with E-state index < -0.39 is 59.8 Å². The Balaban J connectivity index is 1.58. The van der Waals surface area contributed by atoms with E-state index in [0.717, 1.165) is 16.8 Å². The zero-order chi connectivity index (χ0) is 34.4. The fraction of sp³-hybridized carbons (Fsp3) is 0.206. The van der Waals surface area contributed by atoms with Gasteiger partial charge in [-0.2, -0.15) is 0 Å². The number of aromatic nitrogens is 2. The molecule has 1 aromatic heterocycles. The number of benzene rings is 3. The van der Waals surface area contributed by atoms with Gasteiger partial charge >= 0.3 is 23.6 Å². The molecule has 1 aliphatic heterocycles. The SMILES string of the molecule is C#C[C@@]1(OC(=O)c2ccc(OC)cc2)[C@@H](COC(=O)c2ccc(Cl)cc2)O[C@@H](n2ccc(=O)[nH]c2=O)[C@@H]1OC(=O)c1ccc(OC)cc1. The number of methoxy groups -OCH3 is 2. The third-order valence-electron chi connectivity index (χ3n) is 7.41. The molecule has 0 spiro atoms. The van der Waals surface area contributed by atoms with Crippen molar-refractivity contribution in [2.24, 2.45) is 0 Å². The maximum Gasteiger partial charge on any atom is 0.339 e. The molecular formula is C34H27ClN2O11. The molecule has 0 saturated carbocycles. The lowest BCUT2D eigenvalue weighted by atomic mass is 9.92. The van der Waals surface area contributed by atoms with Crippen molar-refractivity contribution in [1.82, 2.24) is 9.55 Å². The second kappa shape index (κ2) is 14.3. The van der Waals surface area contributed by atoms with Crippen LogP contribution in [0.2, 0.25) is 5.02 Å². The predicted molar refractivity (Wildman–Crippen MR) is 169 cm³/mol. The number of nitrogens with one attached hydrogen (secondary N) is 1. The van der Waals surface area contributed by atoms with E-state index in [9.17, 15) is 24.0 Å². The van der Waals surface area contributed by atoms with Gasteiger partial charge in [0.1, 0.15) is 24.2 Å². The molecule has 14 heteroatoms. The van der Waals surface area contributed by atoms with E-state index >= 15 is 0 Å². The van der Waals surface area contributed by atoms with Crippen LogP contribution in [0.25, 0.3) is 0 Å². The zero-order valence-corrected chi connectivity index (χ0v) is 26.2. The summed E-state index contributed by atoms with van der Waals surface area (Å²) in [4.78, 5) is 67.1. The van der Waals surface area contributed by atoms with Crippen molar-refractivity contribution in [3.8, 4) is 23.8 Å². The Hall–Kier alpha value is -5.84. The van der Waals surface area contributed by atoms with E-state index in [1.165, 1.54) is 87.0 Å². The van der Waals surface area contributed by atoms with Crippen LogP contribution in [0.5, 0.6) is 11.5 Å². The van der Waals surface area contributed by atoms with Gasteiger partial charge in [0, 0.05) is 17.3 Å². The van der Waals surface area contributed by atoms with E-state index in [0.29, 0.717) is 16.5 Å². The summed E-state index contributed by atoms with van der Waals surface area (Å²) in [6.45, 7) is -0.632. The lowest BCUT2D eigenvalue weighted by Crippen LogP contribution is -2.54. The van der Waals surface area contributed by atoms with Crippen molar-refractivity contribution >= 4 is 29.5 Å². The summed E-state index contributed by atoms with van der Waals surface area (Å²) in [5.74, 6) is 0.600. The van der Waals surface area contributed by atoms with Crippen LogP contribution in [0, 0.1) is 12.3 Å². The highest BCUT2D eigenvalue weighted by molar-refractivity contribution is 6.30. The van der Waals surface area contributed by atoms with Gasteiger partial charge in [0.15, 0.2) is 6.23 Å². The minimum absolute atomic E-state index is 0.0345. The highest BCUT2D eigenvalue weighted by atomic mass is 35.5. The van der Waals surface area contributed by atoms with Crippen LogP contribution >= 0.6 is 11.6 Å². The monoisotopic (exact) mass is 674 g/mol. The van der Waals surface area contributed by atoms with Crippen LogP contribution in [0.15, 0.2) is 94.6 Å². The van der Waals surface area contributed by atoms with Crippen molar-refractivity contribution in [2.75, 3.05) is 20.8 Å². The molecule has 0 bridgehead atoms. The number of ether oxygens (including phenoxy) is 6. The minimum Gasteiger partial charge on any atom is -0.497 e. The molecule has 1 fully saturated rings. The van der Waals surface area contributed by atoms with E-state index in [1.807, 2.05) is 0 Å². The standard InChI is InChI=1S/C34H27ClN2O11/c1-4-34(48-32(41)22-9-15-25(44-3)16-10-22)26(19-45-30(39)20-5-11-23(35)12-6-20)46-29(37-18-17-27(38)36-33(37)42)28(34)47-31(40)21-7-13-24(43-2)14-8-21/h1,5-18,26,28-29H,19H2,2-3H3,(H,36,38,42)/t26-,28+,29-,34-/m1/s1. The first-order chi connectivity index (χ1) is 23.1. The Morgan fingerprint density at radius 2 is 1.40 bits per heavy atom. The number of terminal acetylenes is 1. The lowest BCUT2D eigenvalue weighted by Gasteiger charge is -2.33. The smallest absolute Gasteiger partial charge is 0.339 e. The highest BCUT2D eigenvalue weighted by Crippen LogP contribution is 2.42. The Morgan fingerprint density at radius 1 is 0.854 bits per heavy atom. The molecule has 3 aromatic carbocycles. The normalized spacial score (nSPS) is 19.8. The van der Waals surface area contributed by atoms with Gasteiger partial charge in [-0.1, -0.05) is 17.5 Å².